The molecular formula is C24H22N2O3. The second kappa shape index (κ2) is 7.87. The standard InChI is InChI=1S/C24H22N2O3/c1-16-10-12-17(13-11-16)15-25-21(27)9-4-14-26-23(28)19-7-2-5-18-6-3-8-20(22(18)19)24(26)29/h2-3,5-8,10-13H,4,9,14-15H2,1H3,(H,25,27). The fourth-order valence-corrected chi connectivity index (χ4v) is 3.68. The second-order valence-electron chi connectivity index (χ2n) is 7.34. The highest BCUT2D eigenvalue weighted by Crippen LogP contribution is 2.30. The lowest BCUT2D eigenvalue weighted by atomic mass is 9.94. The monoisotopic (exact) mass is 386 g/mol. The number of aryl methyl sites for hydroxylation is 1. The summed E-state index contributed by atoms with van der Waals surface area (Å²) in [7, 11) is 0. The number of rotatable bonds is 6. The summed E-state index contributed by atoms with van der Waals surface area (Å²) in [6.07, 6.45) is 0.685. The molecule has 4 rings (SSSR count). The predicted octanol–water partition coefficient (Wildman–Crippen LogP) is 3.84. The molecule has 1 N–H and O–H groups in total. The largest absolute Gasteiger partial charge is 0.352 e. The van der Waals surface area contributed by atoms with Crippen molar-refractivity contribution in [1.29, 1.82) is 0 Å². The number of hydrogen-bond acceptors (Lipinski definition) is 3. The lowest BCUT2D eigenvalue weighted by Gasteiger charge is -2.27. The Kier molecular flexibility index (Phi) is 5.12. The van der Waals surface area contributed by atoms with E-state index >= 15 is 0 Å². The van der Waals surface area contributed by atoms with Crippen LogP contribution >= 0.6 is 0 Å². The number of benzene rings is 3. The summed E-state index contributed by atoms with van der Waals surface area (Å²) < 4.78 is 0. The van der Waals surface area contributed by atoms with Gasteiger partial charge in [-0.1, -0.05) is 54.1 Å². The van der Waals surface area contributed by atoms with Crippen molar-refractivity contribution in [3.05, 3.63) is 82.9 Å². The normalized spacial score (nSPS) is 13.1. The van der Waals surface area contributed by atoms with E-state index in [2.05, 4.69) is 5.32 Å². The molecular weight excluding hydrogens is 364 g/mol. The molecule has 146 valence electrons. The van der Waals surface area contributed by atoms with Gasteiger partial charge in [-0.05, 0) is 36.4 Å². The van der Waals surface area contributed by atoms with Gasteiger partial charge >= 0.3 is 0 Å². The van der Waals surface area contributed by atoms with E-state index in [9.17, 15) is 14.4 Å². The molecule has 3 amide bonds. The van der Waals surface area contributed by atoms with Crippen LogP contribution in [0.15, 0.2) is 60.7 Å². The van der Waals surface area contributed by atoms with Crippen molar-refractivity contribution in [1.82, 2.24) is 10.2 Å². The zero-order valence-electron chi connectivity index (χ0n) is 16.3. The number of hydrogen-bond donors (Lipinski definition) is 1. The van der Waals surface area contributed by atoms with Crippen molar-refractivity contribution < 1.29 is 14.4 Å². The molecule has 3 aromatic rings. The first-order valence-electron chi connectivity index (χ1n) is 9.75. The summed E-state index contributed by atoms with van der Waals surface area (Å²) in [5.41, 5.74) is 3.30. The Morgan fingerprint density at radius 2 is 1.52 bits per heavy atom. The average molecular weight is 386 g/mol. The number of imide groups is 1. The first kappa shape index (κ1) is 18.9. The van der Waals surface area contributed by atoms with Gasteiger partial charge in [-0.15, -0.1) is 0 Å². The Bertz CT molecular complexity index is 1050. The van der Waals surface area contributed by atoms with E-state index in [1.165, 1.54) is 10.5 Å². The predicted molar refractivity (Wildman–Crippen MR) is 112 cm³/mol. The van der Waals surface area contributed by atoms with Gasteiger partial charge in [0.2, 0.25) is 5.91 Å². The van der Waals surface area contributed by atoms with Crippen molar-refractivity contribution in [3.8, 4) is 0 Å². The molecule has 0 saturated carbocycles. The summed E-state index contributed by atoms with van der Waals surface area (Å²) in [5.74, 6) is -0.677. The molecule has 1 aliphatic heterocycles. The van der Waals surface area contributed by atoms with Gasteiger partial charge in [0.25, 0.3) is 11.8 Å². The van der Waals surface area contributed by atoms with E-state index in [0.29, 0.717) is 24.1 Å². The highest BCUT2D eigenvalue weighted by atomic mass is 16.2. The molecule has 0 atom stereocenters. The number of carbonyl (C=O) groups is 3. The maximum Gasteiger partial charge on any atom is 0.261 e. The summed E-state index contributed by atoms with van der Waals surface area (Å²) in [6, 6.07) is 18.9. The lowest BCUT2D eigenvalue weighted by molar-refractivity contribution is -0.121. The molecule has 0 radical (unpaired) electrons. The number of carbonyl (C=O) groups excluding carboxylic acids is 3. The van der Waals surface area contributed by atoms with Crippen LogP contribution in [0.5, 0.6) is 0 Å². The summed E-state index contributed by atoms with van der Waals surface area (Å²) in [4.78, 5) is 39.1. The highest BCUT2D eigenvalue weighted by Gasteiger charge is 2.32. The molecule has 0 spiro atoms. The van der Waals surface area contributed by atoms with Crippen LogP contribution in [0, 0.1) is 6.92 Å². The van der Waals surface area contributed by atoms with E-state index in [-0.39, 0.29) is 30.7 Å². The molecule has 0 saturated heterocycles. The van der Waals surface area contributed by atoms with Gasteiger partial charge in [0, 0.05) is 36.0 Å². The average Bonchev–Trinajstić information content (AvgIpc) is 2.74. The van der Waals surface area contributed by atoms with Crippen LogP contribution < -0.4 is 5.32 Å². The van der Waals surface area contributed by atoms with E-state index < -0.39 is 0 Å². The summed E-state index contributed by atoms with van der Waals surface area (Å²) in [6.45, 7) is 2.71. The molecule has 3 aromatic carbocycles. The molecule has 0 aliphatic carbocycles. The van der Waals surface area contributed by atoms with Gasteiger partial charge in [0.15, 0.2) is 0 Å². The molecule has 1 aliphatic rings. The van der Waals surface area contributed by atoms with Crippen molar-refractivity contribution in [2.24, 2.45) is 0 Å². The summed E-state index contributed by atoms with van der Waals surface area (Å²) in [5, 5.41) is 4.49. The van der Waals surface area contributed by atoms with Crippen molar-refractivity contribution in [2.45, 2.75) is 26.3 Å². The van der Waals surface area contributed by atoms with Gasteiger partial charge in [0.1, 0.15) is 0 Å². The minimum Gasteiger partial charge on any atom is -0.352 e. The van der Waals surface area contributed by atoms with Crippen LogP contribution in [-0.2, 0) is 11.3 Å². The molecule has 29 heavy (non-hydrogen) atoms. The van der Waals surface area contributed by atoms with Gasteiger partial charge < -0.3 is 5.32 Å². The van der Waals surface area contributed by atoms with E-state index in [4.69, 9.17) is 0 Å². The highest BCUT2D eigenvalue weighted by molar-refractivity contribution is 6.25. The Hall–Kier alpha value is -3.47. The van der Waals surface area contributed by atoms with E-state index in [1.54, 1.807) is 12.1 Å². The quantitative estimate of drug-likeness (QED) is 0.655. The van der Waals surface area contributed by atoms with Gasteiger partial charge in [-0.2, -0.15) is 0 Å². The van der Waals surface area contributed by atoms with Crippen LogP contribution in [0.25, 0.3) is 10.8 Å². The Morgan fingerprint density at radius 1 is 0.897 bits per heavy atom. The molecule has 0 bridgehead atoms. The van der Waals surface area contributed by atoms with Crippen LogP contribution in [0.1, 0.15) is 44.7 Å². The van der Waals surface area contributed by atoms with E-state index in [0.717, 1.165) is 16.3 Å². The van der Waals surface area contributed by atoms with Gasteiger partial charge in [-0.25, -0.2) is 0 Å². The summed E-state index contributed by atoms with van der Waals surface area (Å²) >= 11 is 0. The third-order valence-electron chi connectivity index (χ3n) is 5.25. The SMILES string of the molecule is Cc1ccc(CNC(=O)CCCN2C(=O)c3cccc4cccc(c34)C2=O)cc1. The Balaban J connectivity index is 1.36. The topological polar surface area (TPSA) is 66.5 Å². The van der Waals surface area contributed by atoms with Crippen LogP contribution in [0.3, 0.4) is 0 Å². The Morgan fingerprint density at radius 3 is 2.14 bits per heavy atom. The number of nitrogens with one attached hydrogen (secondary N) is 1. The van der Waals surface area contributed by atoms with Crippen LogP contribution in [-0.4, -0.2) is 29.2 Å². The molecule has 0 fully saturated rings. The molecule has 5 nitrogen and oxygen atoms in total. The fraction of sp³-hybridized carbons (Fsp3) is 0.208. The molecule has 5 heteroatoms. The lowest BCUT2D eigenvalue weighted by Crippen LogP contribution is -2.41. The van der Waals surface area contributed by atoms with E-state index in [1.807, 2.05) is 55.5 Å². The van der Waals surface area contributed by atoms with Crippen molar-refractivity contribution >= 4 is 28.5 Å². The fourth-order valence-electron chi connectivity index (χ4n) is 3.68. The number of amides is 3. The minimum atomic E-state index is -0.292. The smallest absolute Gasteiger partial charge is 0.261 e. The second-order valence-corrected chi connectivity index (χ2v) is 7.34. The van der Waals surface area contributed by atoms with Crippen molar-refractivity contribution in [2.75, 3.05) is 6.54 Å². The van der Waals surface area contributed by atoms with Crippen LogP contribution in [0.2, 0.25) is 0 Å². The third kappa shape index (κ3) is 3.76. The van der Waals surface area contributed by atoms with Gasteiger partial charge in [0.05, 0.1) is 0 Å². The third-order valence-corrected chi connectivity index (χ3v) is 5.25. The van der Waals surface area contributed by atoms with Gasteiger partial charge in [-0.3, -0.25) is 19.3 Å². The molecule has 0 aromatic heterocycles. The minimum absolute atomic E-state index is 0.0926. The van der Waals surface area contributed by atoms with Crippen LogP contribution in [0.4, 0.5) is 0 Å². The zero-order chi connectivity index (χ0) is 20.4. The first-order chi connectivity index (χ1) is 14.0. The Labute approximate surface area is 169 Å². The maximum absolute atomic E-state index is 12.8. The molecule has 1 heterocycles. The van der Waals surface area contributed by atoms with Crippen molar-refractivity contribution in [3.63, 3.8) is 0 Å². The first-order valence-corrected chi connectivity index (χ1v) is 9.75. The molecule has 0 unspecified atom stereocenters. The zero-order valence-corrected chi connectivity index (χ0v) is 16.3. The number of nitrogens with zero attached hydrogens (tertiary/aromatic N) is 1. The maximum atomic E-state index is 12.8.